The van der Waals surface area contributed by atoms with E-state index in [-0.39, 0.29) is 5.60 Å². The quantitative estimate of drug-likeness (QED) is 0.216. The second-order valence-electron chi connectivity index (χ2n) is 12.0. The first-order valence-corrected chi connectivity index (χ1v) is 15.0. The second kappa shape index (κ2) is 13.9. The van der Waals surface area contributed by atoms with Crippen LogP contribution in [0.2, 0.25) is 0 Å². The number of hydrogen-bond acceptors (Lipinski definition) is 6. The lowest BCUT2D eigenvalue weighted by molar-refractivity contribution is -0.00491. The Balaban J connectivity index is 1.60. The molecule has 0 N–H and O–H groups in total. The molecule has 3 aromatic rings. The second-order valence-corrected chi connectivity index (χ2v) is 12.0. The molecule has 0 atom stereocenters. The first-order chi connectivity index (χ1) is 20.1. The van der Waals surface area contributed by atoms with Crippen LogP contribution in [0, 0.1) is 6.92 Å². The van der Waals surface area contributed by atoms with Crippen LogP contribution < -0.4 is 19.1 Å². The molecule has 0 amide bonds. The minimum atomic E-state index is -0.214. The van der Waals surface area contributed by atoms with Crippen LogP contribution in [0.4, 0.5) is 5.69 Å². The van der Waals surface area contributed by atoms with E-state index in [0.717, 1.165) is 55.9 Å². The molecule has 6 nitrogen and oxygen atoms in total. The molecule has 0 radical (unpaired) electrons. The maximum Gasteiger partial charge on any atom is 0.203 e. The summed E-state index contributed by atoms with van der Waals surface area (Å²) in [5.74, 6) is 2.92. The number of piperidine rings is 1. The third-order valence-corrected chi connectivity index (χ3v) is 7.65. The van der Waals surface area contributed by atoms with Gasteiger partial charge in [0.15, 0.2) is 17.4 Å². The van der Waals surface area contributed by atoms with Crippen LogP contribution >= 0.6 is 0 Å². The smallest absolute Gasteiger partial charge is 0.203 e. The third-order valence-electron chi connectivity index (χ3n) is 7.65. The Morgan fingerprint density at radius 3 is 2.07 bits per heavy atom. The average molecular weight is 573 g/mol. The largest absolute Gasteiger partial charge is 0.493 e. The molecule has 1 saturated heterocycles. The van der Waals surface area contributed by atoms with Crippen molar-refractivity contribution in [1.82, 2.24) is 4.90 Å². The summed E-state index contributed by atoms with van der Waals surface area (Å²) in [5, 5.41) is 0. The maximum atomic E-state index is 6.36. The van der Waals surface area contributed by atoms with Gasteiger partial charge in [-0.05, 0) is 100 Å². The van der Waals surface area contributed by atoms with Crippen LogP contribution in [0.25, 0.3) is 11.1 Å². The van der Waals surface area contributed by atoms with E-state index in [4.69, 9.17) is 18.9 Å². The van der Waals surface area contributed by atoms with E-state index in [2.05, 4.69) is 99.0 Å². The molecule has 0 spiro atoms. The molecule has 0 bridgehead atoms. The summed E-state index contributed by atoms with van der Waals surface area (Å²) >= 11 is 0. The molecule has 0 saturated carbocycles. The predicted octanol–water partition coefficient (Wildman–Crippen LogP) is 8.23. The zero-order valence-corrected chi connectivity index (χ0v) is 26.7. The van der Waals surface area contributed by atoms with Crippen LogP contribution in [0.3, 0.4) is 0 Å². The number of nitrogens with zero attached hydrogens (tertiary/aromatic N) is 2. The Morgan fingerprint density at radius 2 is 1.52 bits per heavy atom. The zero-order chi connectivity index (χ0) is 30.3. The van der Waals surface area contributed by atoms with Gasteiger partial charge in [-0.1, -0.05) is 42.8 Å². The molecule has 1 heterocycles. The molecule has 4 rings (SSSR count). The number of hydrogen-bond donors (Lipinski definition) is 0. The summed E-state index contributed by atoms with van der Waals surface area (Å²) in [6.45, 7) is 13.4. The van der Waals surface area contributed by atoms with Gasteiger partial charge in [0, 0.05) is 31.4 Å². The maximum absolute atomic E-state index is 6.36. The average Bonchev–Trinajstić information content (AvgIpc) is 2.99. The number of anilines is 1. The van der Waals surface area contributed by atoms with Gasteiger partial charge in [-0.15, -0.1) is 0 Å². The molecule has 0 unspecified atom stereocenters. The van der Waals surface area contributed by atoms with Gasteiger partial charge in [-0.3, -0.25) is 0 Å². The van der Waals surface area contributed by atoms with Gasteiger partial charge >= 0.3 is 0 Å². The number of rotatable bonds is 11. The van der Waals surface area contributed by atoms with Gasteiger partial charge in [-0.2, -0.15) is 0 Å². The highest BCUT2D eigenvalue weighted by Crippen LogP contribution is 2.41. The summed E-state index contributed by atoms with van der Waals surface area (Å²) in [6.07, 6.45) is 5.31. The molecular weight excluding hydrogens is 524 g/mol. The first-order valence-electron chi connectivity index (χ1n) is 15.0. The van der Waals surface area contributed by atoms with Crippen molar-refractivity contribution in [2.75, 3.05) is 39.3 Å². The summed E-state index contributed by atoms with van der Waals surface area (Å²) in [7, 11) is 4.93. The molecule has 226 valence electrons. The van der Waals surface area contributed by atoms with Crippen molar-refractivity contribution in [3.05, 3.63) is 83.7 Å². The number of ether oxygens (including phenoxy) is 4. The van der Waals surface area contributed by atoms with E-state index in [1.165, 1.54) is 16.8 Å². The summed E-state index contributed by atoms with van der Waals surface area (Å²) < 4.78 is 23.1. The van der Waals surface area contributed by atoms with Crippen molar-refractivity contribution in [2.45, 2.75) is 72.1 Å². The number of methoxy groups -OCH3 is 3. The fraction of sp³-hybridized carbons (Fsp3) is 0.444. The van der Waals surface area contributed by atoms with Crippen molar-refractivity contribution in [3.8, 4) is 28.4 Å². The van der Waals surface area contributed by atoms with Crippen LogP contribution in [-0.4, -0.2) is 51.0 Å². The zero-order valence-electron chi connectivity index (χ0n) is 26.7. The highest BCUT2D eigenvalue weighted by Gasteiger charge is 2.28. The topological polar surface area (TPSA) is 43.4 Å². The number of aryl methyl sites for hydroxylation is 1. The lowest BCUT2D eigenvalue weighted by atomic mass is 9.99. The minimum Gasteiger partial charge on any atom is -0.493 e. The Morgan fingerprint density at radius 1 is 0.881 bits per heavy atom. The fourth-order valence-electron chi connectivity index (χ4n) is 5.58. The molecule has 1 fully saturated rings. The standard InChI is InChI=1S/C36H48N2O4/c1-9-11-34(42-36(3,4)5)37-20-18-31(19-21-37)38(30-16-14-26(2)15-17-30)25-27-12-10-13-28(22-27)29-23-32(39-6)35(41-8)33(24-29)40-7/h10-17,22-24,31H,9,18-21,25H2,1-8H3/b34-11-. The summed E-state index contributed by atoms with van der Waals surface area (Å²) in [6, 6.07) is 22.1. The van der Waals surface area contributed by atoms with Crippen molar-refractivity contribution in [1.29, 1.82) is 0 Å². The van der Waals surface area contributed by atoms with Gasteiger partial charge in [0.05, 0.1) is 21.3 Å². The van der Waals surface area contributed by atoms with E-state index in [1.54, 1.807) is 21.3 Å². The van der Waals surface area contributed by atoms with Gasteiger partial charge in [-0.25, -0.2) is 0 Å². The molecular formula is C36H48N2O4. The SMILES string of the molecule is CC/C=C(\OC(C)(C)C)N1CCC(N(Cc2cccc(-c3cc(OC)c(OC)c(OC)c3)c2)c2ccc(C)cc2)CC1. The van der Waals surface area contributed by atoms with Crippen LogP contribution in [0.15, 0.2) is 72.6 Å². The van der Waals surface area contributed by atoms with Gasteiger partial charge in [0.25, 0.3) is 0 Å². The Hall–Kier alpha value is -3.80. The van der Waals surface area contributed by atoms with Gasteiger partial charge in [0.2, 0.25) is 5.75 Å². The minimum absolute atomic E-state index is 0.214. The van der Waals surface area contributed by atoms with Crippen LogP contribution in [-0.2, 0) is 11.3 Å². The third kappa shape index (κ3) is 7.72. The van der Waals surface area contributed by atoms with E-state index in [0.29, 0.717) is 23.3 Å². The Bertz CT molecular complexity index is 1310. The van der Waals surface area contributed by atoms with Crippen molar-refractivity contribution >= 4 is 5.69 Å². The highest BCUT2D eigenvalue weighted by atomic mass is 16.5. The number of likely N-dealkylation sites (tertiary alicyclic amines) is 1. The highest BCUT2D eigenvalue weighted by molar-refractivity contribution is 5.71. The van der Waals surface area contributed by atoms with Crippen LogP contribution in [0.1, 0.15) is 58.1 Å². The monoisotopic (exact) mass is 572 g/mol. The summed E-state index contributed by atoms with van der Waals surface area (Å²) in [5.41, 5.74) is 5.70. The molecule has 3 aromatic carbocycles. The Labute approximate surface area is 252 Å². The predicted molar refractivity (Wildman–Crippen MR) is 173 cm³/mol. The van der Waals surface area contributed by atoms with Crippen LogP contribution in [0.5, 0.6) is 17.2 Å². The van der Waals surface area contributed by atoms with E-state index in [9.17, 15) is 0 Å². The first kappa shape index (κ1) is 31.1. The Kier molecular flexibility index (Phi) is 10.3. The lowest BCUT2D eigenvalue weighted by Crippen LogP contribution is -2.45. The van der Waals surface area contributed by atoms with E-state index >= 15 is 0 Å². The van der Waals surface area contributed by atoms with Crippen molar-refractivity contribution in [2.24, 2.45) is 0 Å². The molecule has 1 aliphatic rings. The van der Waals surface area contributed by atoms with Crippen molar-refractivity contribution in [3.63, 3.8) is 0 Å². The number of allylic oxidation sites excluding steroid dienone is 1. The molecule has 0 aromatic heterocycles. The molecule has 6 heteroatoms. The van der Waals surface area contributed by atoms with Gasteiger partial charge in [0.1, 0.15) is 5.60 Å². The summed E-state index contributed by atoms with van der Waals surface area (Å²) in [4.78, 5) is 5.00. The molecule has 0 aliphatic carbocycles. The van der Waals surface area contributed by atoms with E-state index < -0.39 is 0 Å². The fourth-order valence-corrected chi connectivity index (χ4v) is 5.58. The lowest BCUT2D eigenvalue weighted by Gasteiger charge is -2.42. The number of benzene rings is 3. The normalized spacial score (nSPS) is 14.5. The molecule has 1 aliphatic heterocycles. The van der Waals surface area contributed by atoms with E-state index in [1.807, 2.05) is 12.1 Å². The van der Waals surface area contributed by atoms with Crippen molar-refractivity contribution < 1.29 is 18.9 Å². The molecule has 42 heavy (non-hydrogen) atoms. The van der Waals surface area contributed by atoms with Gasteiger partial charge < -0.3 is 28.7 Å².